The molecule has 2 fully saturated rings. The van der Waals surface area contributed by atoms with E-state index in [1.54, 1.807) is 0 Å². The first kappa shape index (κ1) is 9.97. The molecule has 0 aromatic rings. The van der Waals surface area contributed by atoms with E-state index in [1.807, 2.05) is 6.92 Å². The van der Waals surface area contributed by atoms with Gasteiger partial charge in [0, 0.05) is 12.6 Å². The lowest BCUT2D eigenvalue weighted by molar-refractivity contribution is -0.143. The maximum Gasteiger partial charge on any atom is 0.320 e. The van der Waals surface area contributed by atoms with Crippen LogP contribution in [0.3, 0.4) is 0 Å². The molecule has 3 nitrogen and oxygen atoms in total. The third-order valence-electron chi connectivity index (χ3n) is 3.25. The smallest absolute Gasteiger partial charge is 0.320 e. The van der Waals surface area contributed by atoms with E-state index in [0.29, 0.717) is 6.04 Å². The number of aliphatic carboxylic acids is 1. The van der Waals surface area contributed by atoms with Gasteiger partial charge in [-0.15, -0.1) is 0 Å². The SMILES string of the molecule is CCC(C(=O)O)N(CC1CC1)C1CC1. The quantitative estimate of drug-likeness (QED) is 0.705. The Morgan fingerprint density at radius 2 is 2.07 bits per heavy atom. The topological polar surface area (TPSA) is 40.5 Å². The summed E-state index contributed by atoms with van der Waals surface area (Å²) in [7, 11) is 0. The zero-order valence-corrected chi connectivity index (χ0v) is 8.78. The van der Waals surface area contributed by atoms with Gasteiger partial charge in [0.15, 0.2) is 0 Å². The fourth-order valence-electron chi connectivity index (χ4n) is 2.09. The minimum atomic E-state index is -0.639. The first-order chi connectivity index (χ1) is 6.72. The molecule has 2 saturated carbocycles. The van der Waals surface area contributed by atoms with Gasteiger partial charge in [-0.25, -0.2) is 0 Å². The molecular formula is C11H19NO2. The maximum atomic E-state index is 11.1. The van der Waals surface area contributed by atoms with Crippen LogP contribution in [0.1, 0.15) is 39.0 Å². The van der Waals surface area contributed by atoms with Gasteiger partial charge >= 0.3 is 5.97 Å². The van der Waals surface area contributed by atoms with Crippen LogP contribution >= 0.6 is 0 Å². The molecule has 0 aliphatic heterocycles. The van der Waals surface area contributed by atoms with E-state index < -0.39 is 5.97 Å². The summed E-state index contributed by atoms with van der Waals surface area (Å²) in [5.74, 6) is 0.157. The second-order valence-corrected chi connectivity index (χ2v) is 4.63. The summed E-state index contributed by atoms with van der Waals surface area (Å²) in [6.45, 7) is 3.00. The summed E-state index contributed by atoms with van der Waals surface area (Å²) in [4.78, 5) is 13.3. The second kappa shape index (κ2) is 3.89. The molecule has 0 amide bonds. The monoisotopic (exact) mass is 197 g/mol. The highest BCUT2D eigenvalue weighted by Crippen LogP contribution is 2.36. The largest absolute Gasteiger partial charge is 0.480 e. The molecule has 2 rings (SSSR count). The van der Waals surface area contributed by atoms with Crippen LogP contribution in [-0.2, 0) is 4.79 Å². The standard InChI is InChI=1S/C11H19NO2/c1-2-10(11(13)14)12(9-5-6-9)7-8-3-4-8/h8-10H,2-7H2,1H3,(H,13,14). The first-order valence-corrected chi connectivity index (χ1v) is 5.71. The highest BCUT2D eigenvalue weighted by molar-refractivity contribution is 5.73. The molecule has 1 unspecified atom stereocenters. The maximum absolute atomic E-state index is 11.1. The van der Waals surface area contributed by atoms with E-state index in [-0.39, 0.29) is 6.04 Å². The minimum Gasteiger partial charge on any atom is -0.480 e. The van der Waals surface area contributed by atoms with E-state index in [2.05, 4.69) is 4.90 Å². The lowest BCUT2D eigenvalue weighted by Gasteiger charge is -2.27. The Bertz CT molecular complexity index is 221. The molecule has 0 bridgehead atoms. The van der Waals surface area contributed by atoms with Crippen LogP contribution in [0.2, 0.25) is 0 Å². The molecular weight excluding hydrogens is 178 g/mol. The number of carboxylic acid groups (broad SMARTS) is 1. The molecule has 1 atom stereocenters. The van der Waals surface area contributed by atoms with E-state index in [1.165, 1.54) is 25.7 Å². The number of rotatable bonds is 6. The molecule has 2 aliphatic rings. The Hall–Kier alpha value is -0.570. The van der Waals surface area contributed by atoms with Crippen molar-refractivity contribution in [2.45, 2.75) is 51.1 Å². The van der Waals surface area contributed by atoms with Crippen molar-refractivity contribution in [3.05, 3.63) is 0 Å². The number of hydrogen-bond acceptors (Lipinski definition) is 2. The lowest BCUT2D eigenvalue weighted by Crippen LogP contribution is -2.43. The number of carboxylic acids is 1. The van der Waals surface area contributed by atoms with Crippen molar-refractivity contribution in [1.29, 1.82) is 0 Å². The summed E-state index contributed by atoms with van der Waals surface area (Å²) in [6, 6.07) is 0.347. The molecule has 0 aromatic carbocycles. The van der Waals surface area contributed by atoms with Gasteiger partial charge in [0.05, 0.1) is 0 Å². The van der Waals surface area contributed by atoms with Gasteiger partial charge in [-0.3, -0.25) is 9.69 Å². The molecule has 80 valence electrons. The van der Waals surface area contributed by atoms with E-state index in [0.717, 1.165) is 18.9 Å². The Balaban J connectivity index is 1.95. The minimum absolute atomic E-state index is 0.233. The average molecular weight is 197 g/mol. The summed E-state index contributed by atoms with van der Waals surface area (Å²) in [5.41, 5.74) is 0. The van der Waals surface area contributed by atoms with Crippen LogP contribution < -0.4 is 0 Å². The fraction of sp³-hybridized carbons (Fsp3) is 0.909. The Kier molecular flexibility index (Phi) is 2.77. The van der Waals surface area contributed by atoms with E-state index in [4.69, 9.17) is 5.11 Å². The molecule has 0 spiro atoms. The number of carbonyl (C=O) groups is 1. The van der Waals surface area contributed by atoms with E-state index in [9.17, 15) is 4.79 Å². The predicted molar refractivity (Wildman–Crippen MR) is 54.2 cm³/mol. The average Bonchev–Trinajstić information content (AvgIpc) is 3.00. The van der Waals surface area contributed by atoms with Crippen LogP contribution in [0.25, 0.3) is 0 Å². The van der Waals surface area contributed by atoms with Gasteiger partial charge in [0.1, 0.15) is 6.04 Å². The highest BCUT2D eigenvalue weighted by Gasteiger charge is 2.39. The van der Waals surface area contributed by atoms with Crippen LogP contribution in [0, 0.1) is 5.92 Å². The van der Waals surface area contributed by atoms with Crippen LogP contribution in [0.5, 0.6) is 0 Å². The van der Waals surface area contributed by atoms with Crippen molar-refractivity contribution in [2.75, 3.05) is 6.54 Å². The van der Waals surface area contributed by atoms with Crippen molar-refractivity contribution in [2.24, 2.45) is 5.92 Å². The summed E-state index contributed by atoms with van der Waals surface area (Å²) in [6.07, 6.45) is 5.75. The van der Waals surface area contributed by atoms with Crippen molar-refractivity contribution in [3.8, 4) is 0 Å². The van der Waals surface area contributed by atoms with Crippen molar-refractivity contribution >= 4 is 5.97 Å². The molecule has 3 heteroatoms. The van der Waals surface area contributed by atoms with Gasteiger partial charge in [-0.1, -0.05) is 6.92 Å². The van der Waals surface area contributed by atoms with E-state index >= 15 is 0 Å². The molecule has 0 heterocycles. The third-order valence-corrected chi connectivity index (χ3v) is 3.25. The van der Waals surface area contributed by atoms with Crippen molar-refractivity contribution in [1.82, 2.24) is 4.90 Å². The Morgan fingerprint density at radius 3 is 2.43 bits per heavy atom. The second-order valence-electron chi connectivity index (χ2n) is 4.63. The Morgan fingerprint density at radius 1 is 1.43 bits per heavy atom. The van der Waals surface area contributed by atoms with Crippen LogP contribution in [0.4, 0.5) is 0 Å². The van der Waals surface area contributed by atoms with Gasteiger partial charge in [0.2, 0.25) is 0 Å². The van der Waals surface area contributed by atoms with Gasteiger partial charge in [0.25, 0.3) is 0 Å². The molecule has 0 radical (unpaired) electrons. The molecule has 2 aliphatic carbocycles. The fourth-order valence-corrected chi connectivity index (χ4v) is 2.09. The molecule has 0 saturated heterocycles. The molecule has 14 heavy (non-hydrogen) atoms. The number of nitrogens with zero attached hydrogens (tertiary/aromatic N) is 1. The van der Waals surface area contributed by atoms with Gasteiger partial charge in [-0.2, -0.15) is 0 Å². The molecule has 0 aromatic heterocycles. The van der Waals surface area contributed by atoms with Crippen LogP contribution in [0.15, 0.2) is 0 Å². The zero-order chi connectivity index (χ0) is 10.1. The lowest BCUT2D eigenvalue weighted by atomic mass is 10.1. The molecule has 1 N–H and O–H groups in total. The van der Waals surface area contributed by atoms with Crippen molar-refractivity contribution in [3.63, 3.8) is 0 Å². The normalized spacial score (nSPS) is 23.9. The first-order valence-electron chi connectivity index (χ1n) is 5.71. The highest BCUT2D eigenvalue weighted by atomic mass is 16.4. The number of hydrogen-bond donors (Lipinski definition) is 1. The Labute approximate surface area is 85.1 Å². The summed E-state index contributed by atoms with van der Waals surface area (Å²) >= 11 is 0. The summed E-state index contributed by atoms with van der Waals surface area (Å²) < 4.78 is 0. The summed E-state index contributed by atoms with van der Waals surface area (Å²) in [5, 5.41) is 9.11. The van der Waals surface area contributed by atoms with Gasteiger partial charge in [-0.05, 0) is 38.0 Å². The van der Waals surface area contributed by atoms with Crippen LogP contribution in [-0.4, -0.2) is 34.6 Å². The van der Waals surface area contributed by atoms with Crippen molar-refractivity contribution < 1.29 is 9.90 Å². The predicted octanol–water partition coefficient (Wildman–Crippen LogP) is 1.72. The zero-order valence-electron chi connectivity index (χ0n) is 8.78. The third kappa shape index (κ3) is 2.27. The van der Waals surface area contributed by atoms with Gasteiger partial charge < -0.3 is 5.11 Å².